The van der Waals surface area contributed by atoms with Crippen molar-refractivity contribution in [2.24, 2.45) is 11.8 Å². The molecule has 104 valence electrons. The van der Waals surface area contributed by atoms with Gasteiger partial charge in [0.1, 0.15) is 0 Å². The van der Waals surface area contributed by atoms with Crippen molar-refractivity contribution in [3.05, 3.63) is 0 Å². The van der Waals surface area contributed by atoms with Crippen molar-refractivity contribution in [3.8, 4) is 0 Å². The van der Waals surface area contributed by atoms with Crippen molar-refractivity contribution in [1.82, 2.24) is 10.6 Å². The molecule has 4 nitrogen and oxygen atoms in total. The van der Waals surface area contributed by atoms with Crippen LogP contribution in [0.2, 0.25) is 0 Å². The Morgan fingerprint density at radius 2 is 2.17 bits per heavy atom. The van der Waals surface area contributed by atoms with Crippen LogP contribution < -0.4 is 10.6 Å². The molecule has 2 aliphatic heterocycles. The molecule has 18 heavy (non-hydrogen) atoms. The maximum atomic E-state index is 11.9. The number of hydrogen-bond acceptors (Lipinski definition) is 3. The maximum absolute atomic E-state index is 11.9. The van der Waals surface area contributed by atoms with Crippen LogP contribution in [0.5, 0.6) is 0 Å². The third-order valence-electron chi connectivity index (χ3n) is 4.25. The van der Waals surface area contributed by atoms with Crippen LogP contribution >= 0.6 is 0 Å². The minimum Gasteiger partial charge on any atom is -0.376 e. The zero-order valence-corrected chi connectivity index (χ0v) is 11.4. The second-order valence-electron chi connectivity index (χ2n) is 5.71. The van der Waals surface area contributed by atoms with Gasteiger partial charge in [0.15, 0.2) is 0 Å². The van der Waals surface area contributed by atoms with E-state index in [4.69, 9.17) is 4.74 Å². The summed E-state index contributed by atoms with van der Waals surface area (Å²) in [7, 11) is 0. The Labute approximate surface area is 110 Å². The number of rotatable bonds is 5. The van der Waals surface area contributed by atoms with Crippen molar-refractivity contribution in [2.45, 2.75) is 45.1 Å². The number of carbonyl (C=O) groups excluding carboxylic acids is 1. The summed E-state index contributed by atoms with van der Waals surface area (Å²) in [6, 6.07) is 0. The van der Waals surface area contributed by atoms with Gasteiger partial charge in [0.05, 0.1) is 6.10 Å². The highest BCUT2D eigenvalue weighted by atomic mass is 16.5. The molecule has 2 aliphatic rings. The Morgan fingerprint density at radius 1 is 1.39 bits per heavy atom. The fourth-order valence-electron chi connectivity index (χ4n) is 2.98. The van der Waals surface area contributed by atoms with Gasteiger partial charge in [-0.05, 0) is 50.6 Å². The summed E-state index contributed by atoms with van der Waals surface area (Å²) < 4.78 is 5.50. The van der Waals surface area contributed by atoms with E-state index in [1.807, 2.05) is 0 Å². The zero-order valence-electron chi connectivity index (χ0n) is 11.4. The fraction of sp³-hybridized carbons (Fsp3) is 0.929. The van der Waals surface area contributed by atoms with E-state index in [-0.39, 0.29) is 12.0 Å². The third kappa shape index (κ3) is 4.25. The number of hydrogen-bond donors (Lipinski definition) is 2. The average Bonchev–Trinajstić information content (AvgIpc) is 2.90. The largest absolute Gasteiger partial charge is 0.376 e. The summed E-state index contributed by atoms with van der Waals surface area (Å²) in [5, 5.41) is 6.38. The van der Waals surface area contributed by atoms with Crippen LogP contribution in [0.15, 0.2) is 0 Å². The second kappa shape index (κ2) is 7.10. The first-order chi connectivity index (χ1) is 8.75. The van der Waals surface area contributed by atoms with Gasteiger partial charge >= 0.3 is 0 Å². The van der Waals surface area contributed by atoms with Gasteiger partial charge in [0, 0.05) is 19.6 Å². The molecule has 2 saturated heterocycles. The minimum atomic E-state index is 0.191. The van der Waals surface area contributed by atoms with Crippen LogP contribution in [0.3, 0.4) is 0 Å². The molecule has 0 aromatic heterocycles. The van der Waals surface area contributed by atoms with Crippen LogP contribution in [0.25, 0.3) is 0 Å². The molecule has 2 unspecified atom stereocenters. The molecule has 0 bridgehead atoms. The normalized spacial score (nSPS) is 27.1. The van der Waals surface area contributed by atoms with E-state index in [2.05, 4.69) is 17.6 Å². The summed E-state index contributed by atoms with van der Waals surface area (Å²) in [4.78, 5) is 11.9. The number of amides is 1. The molecular formula is C14H26N2O2. The van der Waals surface area contributed by atoms with Gasteiger partial charge in [-0.15, -0.1) is 0 Å². The first-order valence-corrected chi connectivity index (χ1v) is 7.34. The lowest BCUT2D eigenvalue weighted by molar-refractivity contribution is -0.122. The predicted octanol–water partition coefficient (Wildman–Crippen LogP) is 1.31. The van der Waals surface area contributed by atoms with Crippen LogP contribution in [-0.4, -0.2) is 38.3 Å². The molecule has 1 amide bonds. The highest BCUT2D eigenvalue weighted by Gasteiger charge is 2.22. The number of ether oxygens (including phenoxy) is 1. The van der Waals surface area contributed by atoms with Gasteiger partial charge < -0.3 is 15.4 Å². The summed E-state index contributed by atoms with van der Waals surface area (Å²) in [6.45, 7) is 5.96. The highest BCUT2D eigenvalue weighted by Crippen LogP contribution is 2.24. The first kappa shape index (κ1) is 13.8. The lowest BCUT2D eigenvalue weighted by Gasteiger charge is -2.28. The highest BCUT2D eigenvalue weighted by molar-refractivity contribution is 5.76. The number of nitrogens with one attached hydrogen (secondary N) is 2. The van der Waals surface area contributed by atoms with Gasteiger partial charge in [-0.25, -0.2) is 0 Å². The smallest absolute Gasteiger partial charge is 0.220 e. The number of carbonyl (C=O) groups is 1. The van der Waals surface area contributed by atoms with Gasteiger partial charge in [-0.1, -0.05) is 6.92 Å². The molecule has 0 aliphatic carbocycles. The van der Waals surface area contributed by atoms with E-state index in [1.54, 1.807) is 0 Å². The van der Waals surface area contributed by atoms with Gasteiger partial charge in [-0.3, -0.25) is 4.79 Å². The van der Waals surface area contributed by atoms with Crippen molar-refractivity contribution < 1.29 is 9.53 Å². The van der Waals surface area contributed by atoms with Gasteiger partial charge in [0.2, 0.25) is 5.91 Å². The summed E-state index contributed by atoms with van der Waals surface area (Å²) in [6.07, 6.45) is 5.55. The predicted molar refractivity (Wildman–Crippen MR) is 71.4 cm³/mol. The number of piperidine rings is 1. The summed E-state index contributed by atoms with van der Waals surface area (Å²) >= 11 is 0. The molecule has 0 aromatic carbocycles. The monoisotopic (exact) mass is 254 g/mol. The second-order valence-corrected chi connectivity index (χ2v) is 5.71. The molecule has 2 atom stereocenters. The Morgan fingerprint density at radius 3 is 2.83 bits per heavy atom. The standard InChI is InChI=1S/C14H26N2O2/c1-11(12-4-6-15-7-5-12)9-14(17)16-10-13-3-2-8-18-13/h11-13,15H,2-10H2,1H3,(H,16,17). The first-order valence-electron chi connectivity index (χ1n) is 7.34. The third-order valence-corrected chi connectivity index (χ3v) is 4.25. The van der Waals surface area contributed by atoms with Crippen molar-refractivity contribution in [1.29, 1.82) is 0 Å². The molecule has 2 rings (SSSR count). The average molecular weight is 254 g/mol. The van der Waals surface area contributed by atoms with Crippen LogP contribution in [0.4, 0.5) is 0 Å². The maximum Gasteiger partial charge on any atom is 0.220 e. The van der Waals surface area contributed by atoms with Crippen LogP contribution in [-0.2, 0) is 9.53 Å². The SMILES string of the molecule is CC(CC(=O)NCC1CCCO1)C1CCNCC1. The Bertz CT molecular complexity index is 259. The quantitative estimate of drug-likeness (QED) is 0.777. The Balaban J connectivity index is 1.62. The van der Waals surface area contributed by atoms with E-state index in [0.29, 0.717) is 24.8 Å². The molecule has 0 saturated carbocycles. The molecule has 0 spiro atoms. The van der Waals surface area contributed by atoms with Crippen molar-refractivity contribution in [3.63, 3.8) is 0 Å². The van der Waals surface area contributed by atoms with Crippen molar-refractivity contribution >= 4 is 5.91 Å². The van der Waals surface area contributed by atoms with E-state index >= 15 is 0 Å². The van der Waals surface area contributed by atoms with E-state index in [9.17, 15) is 4.79 Å². The molecular weight excluding hydrogens is 228 g/mol. The Kier molecular flexibility index (Phi) is 5.45. The van der Waals surface area contributed by atoms with Gasteiger partial charge in [-0.2, -0.15) is 0 Å². The van der Waals surface area contributed by atoms with E-state index < -0.39 is 0 Å². The molecule has 2 heterocycles. The lowest BCUT2D eigenvalue weighted by Crippen LogP contribution is -2.35. The van der Waals surface area contributed by atoms with E-state index in [0.717, 1.165) is 32.5 Å². The van der Waals surface area contributed by atoms with E-state index in [1.165, 1.54) is 12.8 Å². The molecule has 2 fully saturated rings. The van der Waals surface area contributed by atoms with Crippen LogP contribution in [0.1, 0.15) is 39.0 Å². The fourth-order valence-corrected chi connectivity index (χ4v) is 2.98. The van der Waals surface area contributed by atoms with Gasteiger partial charge in [0.25, 0.3) is 0 Å². The van der Waals surface area contributed by atoms with Crippen LogP contribution in [0, 0.1) is 11.8 Å². The summed E-state index contributed by atoms with van der Waals surface area (Å²) in [5.74, 6) is 1.40. The minimum absolute atomic E-state index is 0.191. The molecule has 4 heteroatoms. The molecule has 0 aromatic rings. The van der Waals surface area contributed by atoms with Crippen molar-refractivity contribution in [2.75, 3.05) is 26.2 Å². The molecule has 2 N–H and O–H groups in total. The summed E-state index contributed by atoms with van der Waals surface area (Å²) in [5.41, 5.74) is 0. The zero-order chi connectivity index (χ0) is 12.8. The molecule has 0 radical (unpaired) electrons. The Hall–Kier alpha value is -0.610. The topological polar surface area (TPSA) is 50.4 Å². The lowest BCUT2D eigenvalue weighted by atomic mass is 9.84.